The summed E-state index contributed by atoms with van der Waals surface area (Å²) in [4.78, 5) is 12.4. The Bertz CT molecular complexity index is 671. The average molecular weight is 404 g/mol. The summed E-state index contributed by atoms with van der Waals surface area (Å²) in [5.41, 5.74) is 8.25. The third-order valence-electron chi connectivity index (χ3n) is 2.76. The maximum Gasteiger partial charge on any atom is 0.194 e. The monoisotopic (exact) mass is 401 g/mol. The Morgan fingerprint density at radius 3 is 2.47 bits per heavy atom. The molecule has 2 nitrogen and oxygen atoms in total. The van der Waals surface area contributed by atoms with Gasteiger partial charge < -0.3 is 5.73 Å². The van der Waals surface area contributed by atoms with Crippen LogP contribution in [0.25, 0.3) is 0 Å². The Morgan fingerprint density at radius 1 is 1.16 bits per heavy atom. The molecule has 2 aromatic carbocycles. The van der Waals surface area contributed by atoms with E-state index < -0.39 is 0 Å². The van der Waals surface area contributed by atoms with E-state index in [1.807, 2.05) is 13.0 Å². The van der Waals surface area contributed by atoms with Crippen molar-refractivity contribution in [1.82, 2.24) is 0 Å². The van der Waals surface area contributed by atoms with E-state index in [1.165, 1.54) is 0 Å². The summed E-state index contributed by atoms with van der Waals surface area (Å²) in [5, 5.41) is 0.383. The summed E-state index contributed by atoms with van der Waals surface area (Å²) in [6.07, 6.45) is 0. The van der Waals surface area contributed by atoms with Gasteiger partial charge in [0, 0.05) is 20.1 Å². The van der Waals surface area contributed by atoms with Crippen molar-refractivity contribution >= 4 is 54.9 Å². The first-order valence-corrected chi connectivity index (χ1v) is 7.42. The van der Waals surface area contributed by atoms with E-state index in [-0.39, 0.29) is 5.78 Å². The standard InChI is InChI=1S/C14H10Br2ClNO/c1-7-4-11(16)9(6-10(7)15)14(19)8-2-3-13(18)12(17)5-8/h2-6H,18H2,1H3. The van der Waals surface area contributed by atoms with Gasteiger partial charge in [0.2, 0.25) is 0 Å². The number of nitrogens with two attached hydrogens (primary N) is 1. The summed E-state index contributed by atoms with van der Waals surface area (Å²) >= 11 is 12.8. The zero-order valence-corrected chi connectivity index (χ0v) is 13.9. The minimum Gasteiger partial charge on any atom is -0.398 e. The van der Waals surface area contributed by atoms with Gasteiger partial charge in [-0.1, -0.05) is 43.5 Å². The molecule has 0 bridgehead atoms. The lowest BCUT2D eigenvalue weighted by Crippen LogP contribution is -2.03. The highest BCUT2D eigenvalue weighted by atomic mass is 79.9. The molecule has 2 rings (SSSR count). The highest BCUT2D eigenvalue weighted by Crippen LogP contribution is 2.28. The molecule has 2 aromatic rings. The molecule has 0 aromatic heterocycles. The van der Waals surface area contributed by atoms with Gasteiger partial charge in [0.25, 0.3) is 0 Å². The Kier molecular flexibility index (Phi) is 4.33. The zero-order chi connectivity index (χ0) is 14.2. The second-order valence-corrected chi connectivity index (χ2v) is 6.26. The molecule has 0 atom stereocenters. The number of nitrogen functional groups attached to an aromatic ring is 1. The van der Waals surface area contributed by atoms with Gasteiger partial charge in [0.05, 0.1) is 10.7 Å². The van der Waals surface area contributed by atoms with Crippen LogP contribution in [0, 0.1) is 6.92 Å². The van der Waals surface area contributed by atoms with Crippen molar-refractivity contribution in [3.63, 3.8) is 0 Å². The van der Waals surface area contributed by atoms with Gasteiger partial charge in [-0.3, -0.25) is 4.79 Å². The highest BCUT2D eigenvalue weighted by molar-refractivity contribution is 9.11. The van der Waals surface area contributed by atoms with E-state index in [2.05, 4.69) is 31.9 Å². The van der Waals surface area contributed by atoms with E-state index >= 15 is 0 Å². The lowest BCUT2D eigenvalue weighted by atomic mass is 10.0. The molecule has 0 aliphatic rings. The fourth-order valence-electron chi connectivity index (χ4n) is 1.64. The summed E-state index contributed by atoms with van der Waals surface area (Å²) in [6.45, 7) is 1.96. The number of aryl methyl sites for hydroxylation is 1. The van der Waals surface area contributed by atoms with E-state index in [0.29, 0.717) is 21.8 Å². The molecule has 0 saturated heterocycles. The molecular weight excluding hydrogens is 393 g/mol. The van der Waals surface area contributed by atoms with Gasteiger partial charge in [-0.15, -0.1) is 0 Å². The van der Waals surface area contributed by atoms with Crippen LogP contribution in [0.3, 0.4) is 0 Å². The number of rotatable bonds is 2. The first-order chi connectivity index (χ1) is 8.90. The van der Waals surface area contributed by atoms with E-state index in [4.69, 9.17) is 17.3 Å². The Balaban J connectivity index is 2.49. The van der Waals surface area contributed by atoms with Crippen molar-refractivity contribution in [1.29, 1.82) is 0 Å². The molecule has 0 radical (unpaired) electrons. The molecule has 0 unspecified atom stereocenters. The quantitative estimate of drug-likeness (QED) is 0.567. The number of hydrogen-bond acceptors (Lipinski definition) is 2. The third kappa shape index (κ3) is 3.02. The third-order valence-corrected chi connectivity index (χ3v) is 4.59. The largest absolute Gasteiger partial charge is 0.398 e. The topological polar surface area (TPSA) is 43.1 Å². The SMILES string of the molecule is Cc1cc(Br)c(C(=O)c2ccc(N)c(Cl)c2)cc1Br. The van der Waals surface area contributed by atoms with Crippen molar-refractivity contribution in [2.24, 2.45) is 0 Å². The smallest absolute Gasteiger partial charge is 0.194 e. The normalized spacial score (nSPS) is 10.5. The summed E-state index contributed by atoms with van der Waals surface area (Å²) in [5.74, 6) is -0.102. The average Bonchev–Trinajstić information content (AvgIpc) is 2.36. The summed E-state index contributed by atoms with van der Waals surface area (Å²) in [7, 11) is 0. The number of halogens is 3. The van der Waals surface area contributed by atoms with Gasteiger partial charge in [-0.2, -0.15) is 0 Å². The van der Waals surface area contributed by atoms with Crippen LogP contribution in [0.1, 0.15) is 21.5 Å². The molecule has 0 heterocycles. The molecule has 0 fully saturated rings. The van der Waals surface area contributed by atoms with Crippen LogP contribution in [0.2, 0.25) is 5.02 Å². The van der Waals surface area contributed by atoms with Gasteiger partial charge in [-0.05, 0) is 42.8 Å². The van der Waals surface area contributed by atoms with Gasteiger partial charge in [0.15, 0.2) is 5.78 Å². The number of carbonyl (C=O) groups excluding carboxylic acids is 1. The molecule has 0 aliphatic heterocycles. The Labute approximate surface area is 133 Å². The van der Waals surface area contributed by atoms with Crippen LogP contribution in [0.15, 0.2) is 39.3 Å². The first-order valence-electron chi connectivity index (χ1n) is 5.45. The predicted octanol–water partition coefficient (Wildman–Crippen LogP) is 4.99. The predicted molar refractivity (Wildman–Crippen MR) is 85.9 cm³/mol. The second kappa shape index (κ2) is 5.65. The fourth-order valence-corrected chi connectivity index (χ4v) is 2.81. The van der Waals surface area contributed by atoms with Crippen LogP contribution in [0.5, 0.6) is 0 Å². The Hall–Kier alpha value is -0.840. The zero-order valence-electron chi connectivity index (χ0n) is 10.0. The van der Waals surface area contributed by atoms with Crippen molar-refractivity contribution in [3.05, 3.63) is 61.0 Å². The molecular formula is C14H10Br2ClNO. The lowest BCUT2D eigenvalue weighted by Gasteiger charge is -2.08. The highest BCUT2D eigenvalue weighted by Gasteiger charge is 2.15. The fraction of sp³-hybridized carbons (Fsp3) is 0.0714. The molecule has 0 spiro atoms. The van der Waals surface area contributed by atoms with E-state index in [1.54, 1.807) is 24.3 Å². The van der Waals surface area contributed by atoms with Gasteiger partial charge in [0.1, 0.15) is 0 Å². The molecule has 0 aliphatic carbocycles. The van der Waals surface area contributed by atoms with Crippen molar-refractivity contribution in [2.45, 2.75) is 6.92 Å². The van der Waals surface area contributed by atoms with Crippen LogP contribution in [0.4, 0.5) is 5.69 Å². The molecule has 0 amide bonds. The van der Waals surface area contributed by atoms with E-state index in [9.17, 15) is 4.79 Å². The minimum atomic E-state index is -0.102. The van der Waals surface area contributed by atoms with E-state index in [0.717, 1.165) is 14.5 Å². The summed E-state index contributed by atoms with van der Waals surface area (Å²) in [6, 6.07) is 8.58. The number of carbonyl (C=O) groups is 1. The summed E-state index contributed by atoms with van der Waals surface area (Å²) < 4.78 is 1.65. The maximum absolute atomic E-state index is 12.4. The number of benzene rings is 2. The molecule has 0 saturated carbocycles. The minimum absolute atomic E-state index is 0.102. The number of hydrogen-bond donors (Lipinski definition) is 1. The molecule has 5 heteroatoms. The molecule has 98 valence electrons. The number of anilines is 1. The van der Waals surface area contributed by atoms with Crippen LogP contribution in [-0.4, -0.2) is 5.78 Å². The van der Waals surface area contributed by atoms with Crippen LogP contribution < -0.4 is 5.73 Å². The second-order valence-electron chi connectivity index (χ2n) is 4.15. The molecule has 19 heavy (non-hydrogen) atoms. The molecule has 2 N–H and O–H groups in total. The lowest BCUT2D eigenvalue weighted by molar-refractivity contribution is 0.103. The van der Waals surface area contributed by atoms with Crippen LogP contribution >= 0.6 is 43.5 Å². The number of ketones is 1. The van der Waals surface area contributed by atoms with Crippen LogP contribution in [-0.2, 0) is 0 Å². The Morgan fingerprint density at radius 2 is 1.84 bits per heavy atom. The first kappa shape index (κ1) is 14.6. The maximum atomic E-state index is 12.4. The van der Waals surface area contributed by atoms with Crippen molar-refractivity contribution < 1.29 is 4.79 Å². The van der Waals surface area contributed by atoms with Gasteiger partial charge >= 0.3 is 0 Å². The van der Waals surface area contributed by atoms with Crippen molar-refractivity contribution in [3.8, 4) is 0 Å². The van der Waals surface area contributed by atoms with Crippen molar-refractivity contribution in [2.75, 3.05) is 5.73 Å². The van der Waals surface area contributed by atoms with Gasteiger partial charge in [-0.25, -0.2) is 0 Å².